The predicted octanol–water partition coefficient (Wildman–Crippen LogP) is 3.39. The van der Waals surface area contributed by atoms with E-state index in [-0.39, 0.29) is 36.3 Å². The fraction of sp³-hybridized carbons (Fsp3) is 0.429. The average Bonchev–Trinajstić information content (AvgIpc) is 2.97. The monoisotopic (exact) mass is 442 g/mol. The number of halogens is 3. The largest absolute Gasteiger partial charge is 0.491 e. The van der Waals surface area contributed by atoms with Gasteiger partial charge >= 0.3 is 12.1 Å². The van der Waals surface area contributed by atoms with Crippen molar-refractivity contribution in [3.63, 3.8) is 0 Å². The molecule has 2 rings (SSSR count). The molecule has 0 aliphatic carbocycles. The molecular formula is C21H25F3N2O5. The highest BCUT2D eigenvalue weighted by Gasteiger charge is 2.30. The second-order valence-corrected chi connectivity index (χ2v) is 7.28. The van der Waals surface area contributed by atoms with E-state index in [9.17, 15) is 27.9 Å². The number of aromatic amines is 1. The third-order valence-electron chi connectivity index (χ3n) is 4.33. The Labute approximate surface area is 177 Å². The number of nitrogens with one attached hydrogen (secondary N) is 2. The Balaban J connectivity index is 1.90. The van der Waals surface area contributed by atoms with Gasteiger partial charge < -0.3 is 24.9 Å². The zero-order valence-electron chi connectivity index (χ0n) is 17.6. The molecule has 1 unspecified atom stereocenters. The van der Waals surface area contributed by atoms with Gasteiger partial charge in [0, 0.05) is 12.2 Å². The highest BCUT2D eigenvalue weighted by molar-refractivity contribution is 6.00. The molecule has 0 aliphatic rings. The van der Waals surface area contributed by atoms with Gasteiger partial charge in [0.1, 0.15) is 24.2 Å². The Morgan fingerprint density at radius 3 is 2.32 bits per heavy atom. The highest BCUT2D eigenvalue weighted by atomic mass is 19.4. The van der Waals surface area contributed by atoms with Crippen LogP contribution in [0.25, 0.3) is 0 Å². The summed E-state index contributed by atoms with van der Waals surface area (Å²) in [6.45, 7) is 6.30. The van der Waals surface area contributed by atoms with Crippen LogP contribution in [0.3, 0.4) is 0 Å². The van der Waals surface area contributed by atoms with E-state index in [1.807, 2.05) is 0 Å². The van der Waals surface area contributed by atoms with Crippen LogP contribution in [0.15, 0.2) is 24.3 Å². The number of aromatic nitrogens is 1. The molecule has 0 saturated heterocycles. The van der Waals surface area contributed by atoms with Gasteiger partial charge in [-0.2, -0.15) is 13.2 Å². The Kier molecular flexibility index (Phi) is 7.72. The smallest absolute Gasteiger partial charge is 0.416 e. The number of aliphatic hydroxyl groups excluding tert-OH is 1. The maximum atomic E-state index is 12.6. The zero-order chi connectivity index (χ0) is 23.3. The number of alkyl halides is 3. The van der Waals surface area contributed by atoms with E-state index >= 15 is 0 Å². The fourth-order valence-corrected chi connectivity index (χ4v) is 2.85. The van der Waals surface area contributed by atoms with Crippen LogP contribution in [-0.2, 0) is 10.9 Å². The van der Waals surface area contributed by atoms with Gasteiger partial charge in [-0.05, 0) is 57.5 Å². The molecular weight excluding hydrogens is 417 g/mol. The summed E-state index contributed by atoms with van der Waals surface area (Å²) in [5.74, 6) is -0.912. The lowest BCUT2D eigenvalue weighted by Crippen LogP contribution is -2.35. The maximum Gasteiger partial charge on any atom is 0.416 e. The Bertz CT molecular complexity index is 920. The molecule has 0 bridgehead atoms. The van der Waals surface area contributed by atoms with Crippen molar-refractivity contribution in [2.75, 3.05) is 13.2 Å². The quantitative estimate of drug-likeness (QED) is 0.544. The molecule has 170 valence electrons. The van der Waals surface area contributed by atoms with Crippen LogP contribution in [0.2, 0.25) is 0 Å². The van der Waals surface area contributed by atoms with Crippen molar-refractivity contribution in [1.29, 1.82) is 0 Å². The van der Waals surface area contributed by atoms with Crippen LogP contribution in [0.4, 0.5) is 13.2 Å². The number of esters is 1. The van der Waals surface area contributed by atoms with E-state index in [2.05, 4.69) is 10.3 Å². The fourth-order valence-electron chi connectivity index (χ4n) is 2.85. The summed E-state index contributed by atoms with van der Waals surface area (Å²) < 4.78 is 48.1. The number of hydrogen-bond donors (Lipinski definition) is 3. The first-order valence-electron chi connectivity index (χ1n) is 9.56. The molecule has 0 aliphatic heterocycles. The van der Waals surface area contributed by atoms with Crippen molar-refractivity contribution >= 4 is 11.9 Å². The average molecular weight is 442 g/mol. The first kappa shape index (κ1) is 24.3. The van der Waals surface area contributed by atoms with Crippen LogP contribution in [0.5, 0.6) is 5.75 Å². The topological polar surface area (TPSA) is 101 Å². The summed E-state index contributed by atoms with van der Waals surface area (Å²) in [7, 11) is 0. The van der Waals surface area contributed by atoms with Crippen molar-refractivity contribution in [2.24, 2.45) is 0 Å². The number of benzene rings is 1. The number of ether oxygens (including phenoxy) is 2. The molecule has 0 fully saturated rings. The molecule has 10 heteroatoms. The summed E-state index contributed by atoms with van der Waals surface area (Å²) in [5, 5.41) is 12.5. The van der Waals surface area contributed by atoms with E-state index in [0.29, 0.717) is 11.3 Å². The Morgan fingerprint density at radius 1 is 1.16 bits per heavy atom. The summed E-state index contributed by atoms with van der Waals surface area (Å²) in [6.07, 6.45) is -5.85. The van der Waals surface area contributed by atoms with Gasteiger partial charge in [-0.25, -0.2) is 4.79 Å². The molecule has 0 spiro atoms. The Morgan fingerprint density at radius 2 is 1.77 bits per heavy atom. The van der Waals surface area contributed by atoms with E-state index in [4.69, 9.17) is 9.47 Å². The molecule has 0 radical (unpaired) electrons. The number of carbonyl (C=O) groups excluding carboxylic acids is 2. The molecule has 3 N–H and O–H groups in total. The lowest BCUT2D eigenvalue weighted by molar-refractivity contribution is -0.137. The standard InChI is InChI=1S/C21H25F3N2O5/c1-11(2)31-20(29)17-12(3)18(26-13(17)4)19(28)25-9-15(27)10-30-16-7-5-14(6-8-16)21(22,23)24/h5-8,11,15,26-27H,9-10H2,1-4H3,(H,25,28). The van der Waals surface area contributed by atoms with Gasteiger partial charge in [-0.15, -0.1) is 0 Å². The molecule has 0 saturated carbocycles. The van der Waals surface area contributed by atoms with Crippen LogP contribution < -0.4 is 10.1 Å². The lowest BCUT2D eigenvalue weighted by atomic mass is 10.1. The minimum Gasteiger partial charge on any atom is -0.491 e. The minimum absolute atomic E-state index is 0.155. The summed E-state index contributed by atoms with van der Waals surface area (Å²) in [4.78, 5) is 27.5. The molecule has 1 amide bonds. The normalized spacial score (nSPS) is 12.5. The number of amides is 1. The molecule has 1 aromatic carbocycles. The van der Waals surface area contributed by atoms with E-state index in [1.54, 1.807) is 27.7 Å². The maximum absolute atomic E-state index is 12.6. The molecule has 1 aromatic heterocycles. The van der Waals surface area contributed by atoms with E-state index in [0.717, 1.165) is 24.3 Å². The van der Waals surface area contributed by atoms with Crippen molar-refractivity contribution in [3.05, 3.63) is 52.3 Å². The van der Waals surface area contributed by atoms with Crippen LogP contribution in [0, 0.1) is 13.8 Å². The SMILES string of the molecule is Cc1[nH]c(C(=O)NCC(O)COc2ccc(C(F)(F)F)cc2)c(C)c1C(=O)OC(C)C. The third kappa shape index (κ3) is 6.48. The Hall–Kier alpha value is -3.01. The number of hydrogen-bond acceptors (Lipinski definition) is 5. The summed E-state index contributed by atoms with van der Waals surface area (Å²) >= 11 is 0. The first-order chi connectivity index (χ1) is 14.4. The molecule has 2 aromatic rings. The summed E-state index contributed by atoms with van der Waals surface area (Å²) in [6, 6.07) is 4.05. The molecule has 1 atom stereocenters. The van der Waals surface area contributed by atoms with Gasteiger partial charge in [0.25, 0.3) is 5.91 Å². The molecule has 1 heterocycles. The van der Waals surface area contributed by atoms with Gasteiger partial charge in [0.05, 0.1) is 17.2 Å². The first-order valence-corrected chi connectivity index (χ1v) is 9.56. The van der Waals surface area contributed by atoms with Crippen molar-refractivity contribution in [1.82, 2.24) is 10.3 Å². The zero-order valence-corrected chi connectivity index (χ0v) is 17.6. The lowest BCUT2D eigenvalue weighted by Gasteiger charge is -2.14. The minimum atomic E-state index is -4.44. The van der Waals surface area contributed by atoms with Gasteiger partial charge in [-0.1, -0.05) is 0 Å². The highest BCUT2D eigenvalue weighted by Crippen LogP contribution is 2.30. The number of aliphatic hydroxyl groups is 1. The van der Waals surface area contributed by atoms with Gasteiger partial charge in [-0.3, -0.25) is 4.79 Å². The second kappa shape index (κ2) is 9.86. The number of rotatable bonds is 8. The van der Waals surface area contributed by atoms with E-state index in [1.165, 1.54) is 0 Å². The predicted molar refractivity (Wildman–Crippen MR) is 106 cm³/mol. The van der Waals surface area contributed by atoms with Crippen molar-refractivity contribution in [2.45, 2.75) is 46.1 Å². The molecule has 31 heavy (non-hydrogen) atoms. The number of carbonyl (C=O) groups is 2. The van der Waals surface area contributed by atoms with Crippen LogP contribution in [0.1, 0.15) is 51.5 Å². The van der Waals surface area contributed by atoms with Crippen LogP contribution >= 0.6 is 0 Å². The molecule has 7 nitrogen and oxygen atoms in total. The van der Waals surface area contributed by atoms with Crippen LogP contribution in [-0.4, -0.2) is 47.3 Å². The van der Waals surface area contributed by atoms with Gasteiger partial charge in [0.2, 0.25) is 0 Å². The van der Waals surface area contributed by atoms with Crippen molar-refractivity contribution in [3.8, 4) is 5.75 Å². The van der Waals surface area contributed by atoms with Crippen molar-refractivity contribution < 1.29 is 37.3 Å². The summed E-state index contributed by atoms with van der Waals surface area (Å²) in [5.41, 5.74) is 0.561. The third-order valence-corrected chi connectivity index (χ3v) is 4.33. The van der Waals surface area contributed by atoms with Gasteiger partial charge in [0.15, 0.2) is 0 Å². The number of H-pyrrole nitrogens is 1. The van der Waals surface area contributed by atoms with E-state index < -0.39 is 29.7 Å². The second-order valence-electron chi connectivity index (χ2n) is 7.28. The number of aryl methyl sites for hydroxylation is 1.